The van der Waals surface area contributed by atoms with Crippen molar-refractivity contribution in [3.63, 3.8) is 0 Å². The van der Waals surface area contributed by atoms with Gasteiger partial charge in [-0.3, -0.25) is 14.6 Å². The van der Waals surface area contributed by atoms with Gasteiger partial charge in [0.2, 0.25) is 11.8 Å². The maximum atomic E-state index is 13.4. The van der Waals surface area contributed by atoms with Crippen molar-refractivity contribution in [1.29, 1.82) is 0 Å². The van der Waals surface area contributed by atoms with Crippen LogP contribution in [-0.2, 0) is 16.0 Å². The van der Waals surface area contributed by atoms with E-state index in [1.54, 1.807) is 19.4 Å². The number of likely N-dealkylation sites (N-methyl/N-ethyl adjacent to an activating group) is 1. The van der Waals surface area contributed by atoms with E-state index in [9.17, 15) is 18.4 Å². The van der Waals surface area contributed by atoms with Crippen molar-refractivity contribution >= 4 is 17.5 Å². The van der Waals surface area contributed by atoms with E-state index >= 15 is 0 Å². The zero-order chi connectivity index (χ0) is 18.4. The van der Waals surface area contributed by atoms with Crippen molar-refractivity contribution in [3.05, 3.63) is 59.9 Å². The van der Waals surface area contributed by atoms with Crippen molar-refractivity contribution < 1.29 is 18.4 Å². The molecule has 0 aliphatic rings. The highest BCUT2D eigenvalue weighted by atomic mass is 19.2. The first kappa shape index (κ1) is 18.5. The van der Waals surface area contributed by atoms with Crippen LogP contribution in [-0.4, -0.2) is 41.8 Å². The standard InChI is InChI=1S/C18H19F2N3O2/c1-13(24)23(15-3-4-16(19)17(20)11-15)12-18(25)22(2)10-7-14-5-8-21-9-6-14/h3-6,8-9,11H,7,10,12H2,1-2H3. The average Bonchev–Trinajstić information content (AvgIpc) is 2.60. The van der Waals surface area contributed by atoms with Gasteiger partial charge in [0.15, 0.2) is 11.6 Å². The lowest BCUT2D eigenvalue weighted by Gasteiger charge is -2.24. The summed E-state index contributed by atoms with van der Waals surface area (Å²) < 4.78 is 26.5. The van der Waals surface area contributed by atoms with E-state index in [0.717, 1.165) is 22.6 Å². The third-order valence-corrected chi connectivity index (χ3v) is 3.80. The molecule has 0 saturated heterocycles. The number of hydrogen-bond donors (Lipinski definition) is 0. The van der Waals surface area contributed by atoms with Crippen molar-refractivity contribution in [2.75, 3.05) is 25.0 Å². The summed E-state index contributed by atoms with van der Waals surface area (Å²) in [6.07, 6.45) is 4.01. The van der Waals surface area contributed by atoms with Crippen LogP contribution in [0.25, 0.3) is 0 Å². The maximum Gasteiger partial charge on any atom is 0.242 e. The van der Waals surface area contributed by atoms with E-state index in [0.29, 0.717) is 13.0 Å². The first-order chi connectivity index (χ1) is 11.9. The Bertz CT molecular complexity index is 753. The molecule has 5 nitrogen and oxygen atoms in total. The normalized spacial score (nSPS) is 10.4. The van der Waals surface area contributed by atoms with Gasteiger partial charge in [-0.1, -0.05) is 0 Å². The topological polar surface area (TPSA) is 53.5 Å². The summed E-state index contributed by atoms with van der Waals surface area (Å²) in [4.78, 5) is 30.7. The number of nitrogens with zero attached hydrogens (tertiary/aromatic N) is 3. The molecular formula is C18H19F2N3O2. The predicted octanol–water partition coefficient (Wildman–Crippen LogP) is 2.41. The van der Waals surface area contributed by atoms with Crippen molar-refractivity contribution in [1.82, 2.24) is 9.88 Å². The number of hydrogen-bond acceptors (Lipinski definition) is 3. The molecule has 2 rings (SSSR count). The zero-order valence-corrected chi connectivity index (χ0v) is 14.1. The molecule has 7 heteroatoms. The van der Waals surface area contributed by atoms with E-state index in [2.05, 4.69) is 4.98 Å². The molecule has 0 saturated carbocycles. The Labute approximate surface area is 144 Å². The fraction of sp³-hybridized carbons (Fsp3) is 0.278. The largest absolute Gasteiger partial charge is 0.344 e. The average molecular weight is 347 g/mol. The molecule has 0 bridgehead atoms. The summed E-state index contributed by atoms with van der Waals surface area (Å²) in [6, 6.07) is 6.83. The van der Waals surface area contributed by atoms with Gasteiger partial charge < -0.3 is 9.80 Å². The number of pyridine rings is 1. The van der Waals surface area contributed by atoms with Gasteiger partial charge in [0.1, 0.15) is 6.54 Å². The van der Waals surface area contributed by atoms with E-state index in [4.69, 9.17) is 0 Å². The van der Waals surface area contributed by atoms with E-state index in [1.165, 1.54) is 17.9 Å². The summed E-state index contributed by atoms with van der Waals surface area (Å²) >= 11 is 0. The quantitative estimate of drug-likeness (QED) is 0.806. The van der Waals surface area contributed by atoms with Gasteiger partial charge in [0.05, 0.1) is 0 Å². The molecule has 0 unspecified atom stereocenters. The van der Waals surface area contributed by atoms with Crippen molar-refractivity contribution in [2.24, 2.45) is 0 Å². The van der Waals surface area contributed by atoms with E-state index in [-0.39, 0.29) is 18.1 Å². The van der Waals surface area contributed by atoms with Gasteiger partial charge in [-0.15, -0.1) is 0 Å². The Morgan fingerprint density at radius 3 is 2.36 bits per heavy atom. The number of anilines is 1. The molecule has 1 heterocycles. The molecule has 0 aliphatic heterocycles. The highest BCUT2D eigenvalue weighted by molar-refractivity contribution is 5.97. The summed E-state index contributed by atoms with van der Waals surface area (Å²) in [5.41, 5.74) is 1.18. The SMILES string of the molecule is CC(=O)N(CC(=O)N(C)CCc1ccncc1)c1ccc(F)c(F)c1. The molecule has 2 amide bonds. The maximum absolute atomic E-state index is 13.4. The third-order valence-electron chi connectivity index (χ3n) is 3.80. The fourth-order valence-corrected chi connectivity index (χ4v) is 2.26. The molecule has 25 heavy (non-hydrogen) atoms. The Kier molecular flexibility index (Phi) is 6.16. The summed E-state index contributed by atoms with van der Waals surface area (Å²) in [5.74, 6) is -2.80. The lowest BCUT2D eigenvalue weighted by atomic mass is 10.2. The molecule has 0 fully saturated rings. The van der Waals surface area contributed by atoms with Gasteiger partial charge in [-0.2, -0.15) is 0 Å². The molecule has 0 N–H and O–H groups in total. The van der Waals surface area contributed by atoms with Crippen LogP contribution in [0.1, 0.15) is 12.5 Å². The summed E-state index contributed by atoms with van der Waals surface area (Å²) in [6.45, 7) is 1.49. The van der Waals surface area contributed by atoms with Gasteiger partial charge >= 0.3 is 0 Å². The summed E-state index contributed by atoms with van der Waals surface area (Å²) in [5, 5.41) is 0. The number of benzene rings is 1. The molecule has 0 atom stereocenters. The molecule has 132 valence electrons. The number of carbonyl (C=O) groups is 2. The molecular weight excluding hydrogens is 328 g/mol. The van der Waals surface area contributed by atoms with Crippen LogP contribution in [0.4, 0.5) is 14.5 Å². The van der Waals surface area contributed by atoms with Crippen molar-refractivity contribution in [2.45, 2.75) is 13.3 Å². The predicted molar refractivity (Wildman–Crippen MR) is 90.0 cm³/mol. The monoisotopic (exact) mass is 347 g/mol. The first-order valence-electron chi connectivity index (χ1n) is 7.74. The van der Waals surface area contributed by atoms with E-state index < -0.39 is 17.5 Å². The molecule has 0 spiro atoms. The Hall–Kier alpha value is -2.83. The number of amides is 2. The van der Waals surface area contributed by atoms with Crippen LogP contribution < -0.4 is 4.90 Å². The van der Waals surface area contributed by atoms with Crippen LogP contribution in [0.2, 0.25) is 0 Å². The number of aromatic nitrogens is 1. The lowest BCUT2D eigenvalue weighted by Crippen LogP contribution is -2.41. The van der Waals surface area contributed by atoms with Crippen LogP contribution >= 0.6 is 0 Å². The minimum Gasteiger partial charge on any atom is -0.344 e. The lowest BCUT2D eigenvalue weighted by molar-refractivity contribution is -0.130. The van der Waals surface area contributed by atoms with Gasteiger partial charge in [0.25, 0.3) is 0 Å². The minimum atomic E-state index is -1.07. The number of carbonyl (C=O) groups excluding carboxylic acids is 2. The van der Waals surface area contributed by atoms with E-state index in [1.807, 2.05) is 12.1 Å². The number of rotatable bonds is 6. The Morgan fingerprint density at radius 1 is 1.08 bits per heavy atom. The first-order valence-corrected chi connectivity index (χ1v) is 7.74. The smallest absolute Gasteiger partial charge is 0.242 e. The fourth-order valence-electron chi connectivity index (χ4n) is 2.26. The second kappa shape index (κ2) is 8.32. The van der Waals surface area contributed by atoms with Gasteiger partial charge in [-0.05, 0) is 36.2 Å². The molecule has 2 aromatic rings. The summed E-state index contributed by atoms with van der Waals surface area (Å²) in [7, 11) is 1.63. The van der Waals surface area contributed by atoms with Crippen LogP contribution in [0.15, 0.2) is 42.7 Å². The highest BCUT2D eigenvalue weighted by Crippen LogP contribution is 2.18. The molecule has 0 aliphatic carbocycles. The second-order valence-corrected chi connectivity index (χ2v) is 5.62. The number of halogens is 2. The molecule has 0 radical (unpaired) electrons. The van der Waals surface area contributed by atoms with Gasteiger partial charge in [-0.25, -0.2) is 8.78 Å². The van der Waals surface area contributed by atoms with Crippen molar-refractivity contribution in [3.8, 4) is 0 Å². The minimum absolute atomic E-state index is 0.141. The third kappa shape index (κ3) is 5.07. The van der Waals surface area contributed by atoms with Crippen LogP contribution in [0.5, 0.6) is 0 Å². The van der Waals surface area contributed by atoms with Crippen LogP contribution in [0, 0.1) is 11.6 Å². The highest BCUT2D eigenvalue weighted by Gasteiger charge is 2.19. The zero-order valence-electron chi connectivity index (χ0n) is 14.1. The Morgan fingerprint density at radius 2 is 1.76 bits per heavy atom. The van der Waals surface area contributed by atoms with Crippen LogP contribution in [0.3, 0.4) is 0 Å². The molecule has 1 aromatic heterocycles. The van der Waals surface area contributed by atoms with Gasteiger partial charge in [0, 0.05) is 44.7 Å². The molecule has 1 aromatic carbocycles. The Balaban J connectivity index is 2.01. The second-order valence-electron chi connectivity index (χ2n) is 5.62.